The number of hydrogen-bond acceptors (Lipinski definition) is 6. The molecule has 13 heavy (non-hydrogen) atoms. The smallest absolute Gasteiger partial charge is 0.335 e. The third-order valence-corrected chi connectivity index (χ3v) is 1.08. The van der Waals surface area contributed by atoms with Crippen LogP contribution in [0.1, 0.15) is 0 Å². The van der Waals surface area contributed by atoms with E-state index < -0.39 is 24.1 Å². The van der Waals surface area contributed by atoms with Crippen LogP contribution in [0.3, 0.4) is 0 Å². The monoisotopic (exact) mass is 190 g/mol. The van der Waals surface area contributed by atoms with Crippen LogP contribution in [0.5, 0.6) is 0 Å². The van der Waals surface area contributed by atoms with Crippen LogP contribution in [0.2, 0.25) is 0 Å². The van der Waals surface area contributed by atoms with Crippen LogP contribution in [-0.2, 0) is 9.53 Å². The second-order valence-electron chi connectivity index (χ2n) is 2.12. The first-order valence-electron chi connectivity index (χ1n) is 3.22. The highest BCUT2D eigenvalue weighted by molar-refractivity contribution is 5.81. The van der Waals surface area contributed by atoms with E-state index in [0.29, 0.717) is 6.26 Å². The summed E-state index contributed by atoms with van der Waals surface area (Å²) in [5, 5.41) is 34.6. The van der Waals surface area contributed by atoms with Crippen LogP contribution in [-0.4, -0.2) is 38.8 Å². The first kappa shape index (κ1) is 11.6. The summed E-state index contributed by atoms with van der Waals surface area (Å²) in [6.45, 7) is 1.94. The van der Waals surface area contributed by atoms with Gasteiger partial charge in [0.15, 0.2) is 5.76 Å². The Bertz CT molecular complexity index is 229. The van der Waals surface area contributed by atoms with E-state index >= 15 is 0 Å². The predicted molar refractivity (Wildman–Crippen MR) is 41.3 cm³/mol. The summed E-state index contributed by atoms with van der Waals surface area (Å²) in [6.07, 6.45) is 1.22. The molecule has 74 valence electrons. The van der Waals surface area contributed by atoms with E-state index in [1.165, 1.54) is 0 Å². The Kier molecular flexibility index (Phi) is 4.12. The van der Waals surface area contributed by atoms with Gasteiger partial charge >= 0.3 is 5.97 Å². The number of carbonyl (C=O) groups is 1. The molecule has 0 aromatic heterocycles. The summed E-state index contributed by atoms with van der Waals surface area (Å²) in [5.41, 5.74) is 0. The largest absolute Gasteiger partial charge is 0.505 e. The molecule has 0 rings (SSSR count). The van der Waals surface area contributed by atoms with Gasteiger partial charge in [0.2, 0.25) is 5.79 Å². The predicted octanol–water partition coefficient (Wildman–Crippen LogP) is -1.21. The maximum Gasteiger partial charge on any atom is 0.335 e. The third-order valence-electron chi connectivity index (χ3n) is 1.08. The van der Waals surface area contributed by atoms with Gasteiger partial charge in [0.1, 0.15) is 12.9 Å². The molecule has 0 aliphatic carbocycles. The fourth-order valence-corrected chi connectivity index (χ4v) is 0.337. The van der Waals surface area contributed by atoms with Gasteiger partial charge in [-0.2, -0.15) is 0 Å². The van der Waals surface area contributed by atoms with Gasteiger partial charge in [-0.25, -0.2) is 4.79 Å². The van der Waals surface area contributed by atoms with Crippen molar-refractivity contribution in [2.24, 2.45) is 0 Å². The van der Waals surface area contributed by atoms with Crippen LogP contribution < -0.4 is 0 Å². The zero-order valence-electron chi connectivity index (χ0n) is 6.67. The Labute approximate surface area is 74.0 Å². The van der Waals surface area contributed by atoms with Gasteiger partial charge in [-0.15, -0.1) is 0 Å². The summed E-state index contributed by atoms with van der Waals surface area (Å²) in [5.74, 6) is -4.76. The molecule has 0 unspecified atom stereocenters. The first-order valence-corrected chi connectivity index (χ1v) is 3.22. The summed E-state index contributed by atoms with van der Waals surface area (Å²) in [7, 11) is 0. The van der Waals surface area contributed by atoms with Crippen molar-refractivity contribution in [3.63, 3.8) is 0 Å². The van der Waals surface area contributed by atoms with Crippen LogP contribution in [0.25, 0.3) is 0 Å². The number of ether oxygens (including phenoxy) is 1. The molecular weight excluding hydrogens is 180 g/mol. The number of carbonyl (C=O) groups excluding carboxylic acids is 1. The van der Waals surface area contributed by atoms with E-state index in [2.05, 4.69) is 11.3 Å². The second-order valence-corrected chi connectivity index (χ2v) is 2.12. The van der Waals surface area contributed by atoms with Gasteiger partial charge in [-0.3, -0.25) is 0 Å². The molecule has 0 radical (unpaired) electrons. The molecule has 0 spiro atoms. The summed E-state index contributed by atoms with van der Waals surface area (Å²) < 4.78 is 4.14. The number of aliphatic hydroxyl groups excluding tert-OH is 2. The van der Waals surface area contributed by atoms with Crippen LogP contribution in [0, 0.1) is 0 Å². The van der Waals surface area contributed by atoms with Gasteiger partial charge in [0.25, 0.3) is 0 Å². The topological polar surface area (TPSA) is 107 Å². The Balaban J connectivity index is 4.32. The lowest BCUT2D eigenvalue weighted by Gasteiger charge is -2.16. The van der Waals surface area contributed by atoms with E-state index in [4.69, 9.17) is 20.4 Å². The molecule has 0 saturated heterocycles. The minimum absolute atomic E-state index is 0.403. The van der Waals surface area contributed by atoms with Crippen molar-refractivity contribution in [1.29, 1.82) is 0 Å². The third kappa shape index (κ3) is 3.70. The normalized spacial score (nSPS) is 12.4. The van der Waals surface area contributed by atoms with E-state index in [1.54, 1.807) is 0 Å². The maximum atomic E-state index is 10.4. The van der Waals surface area contributed by atoms with Gasteiger partial charge in [0.05, 0.1) is 0 Å². The standard InChI is InChI=1S/C7H10O6/c1-2-6(10)13-3-5(9)7(11,12)4-8/h2-3,8-9,11-12H,1,4H2/b5-3-. The van der Waals surface area contributed by atoms with Gasteiger partial charge in [-0.1, -0.05) is 6.58 Å². The zero-order chi connectivity index (χ0) is 10.5. The molecule has 0 aliphatic heterocycles. The highest BCUT2D eigenvalue weighted by Gasteiger charge is 2.28. The molecule has 0 aromatic carbocycles. The van der Waals surface area contributed by atoms with E-state index in [0.717, 1.165) is 6.08 Å². The molecular formula is C7H10O6. The molecule has 6 nitrogen and oxygen atoms in total. The van der Waals surface area contributed by atoms with Crippen molar-refractivity contribution in [3.8, 4) is 0 Å². The van der Waals surface area contributed by atoms with E-state index in [-0.39, 0.29) is 0 Å². The molecule has 0 saturated carbocycles. The van der Waals surface area contributed by atoms with Crippen molar-refractivity contribution in [3.05, 3.63) is 24.7 Å². The van der Waals surface area contributed by atoms with E-state index in [1.807, 2.05) is 0 Å². The fourth-order valence-electron chi connectivity index (χ4n) is 0.337. The molecule has 0 bridgehead atoms. The fraction of sp³-hybridized carbons (Fsp3) is 0.286. The Hall–Kier alpha value is -1.37. The molecule has 4 N–H and O–H groups in total. The molecule has 6 heteroatoms. The number of esters is 1. The van der Waals surface area contributed by atoms with Crippen LogP contribution in [0.15, 0.2) is 24.7 Å². The minimum Gasteiger partial charge on any atom is -0.505 e. The lowest BCUT2D eigenvalue weighted by Crippen LogP contribution is -2.35. The van der Waals surface area contributed by atoms with Gasteiger partial charge in [-0.05, 0) is 0 Å². The van der Waals surface area contributed by atoms with Crippen molar-refractivity contribution < 1.29 is 30.0 Å². The Morgan fingerprint density at radius 3 is 2.46 bits per heavy atom. The van der Waals surface area contributed by atoms with E-state index in [9.17, 15) is 4.79 Å². The molecule has 0 atom stereocenters. The van der Waals surface area contributed by atoms with Gasteiger partial charge < -0.3 is 25.2 Å². The van der Waals surface area contributed by atoms with Crippen molar-refractivity contribution in [2.45, 2.75) is 5.79 Å². The zero-order valence-corrected chi connectivity index (χ0v) is 6.67. The van der Waals surface area contributed by atoms with Gasteiger partial charge in [0, 0.05) is 6.08 Å². The molecule has 0 aromatic rings. The number of rotatable bonds is 4. The summed E-state index contributed by atoms with van der Waals surface area (Å²) in [4.78, 5) is 10.4. The highest BCUT2D eigenvalue weighted by Crippen LogP contribution is 2.09. The van der Waals surface area contributed by atoms with Crippen molar-refractivity contribution in [1.82, 2.24) is 0 Å². The van der Waals surface area contributed by atoms with Crippen molar-refractivity contribution >= 4 is 5.97 Å². The summed E-state index contributed by atoms with van der Waals surface area (Å²) in [6, 6.07) is 0. The quantitative estimate of drug-likeness (QED) is 0.192. The Morgan fingerprint density at radius 1 is 1.54 bits per heavy atom. The lowest BCUT2D eigenvalue weighted by molar-refractivity contribution is -0.179. The Morgan fingerprint density at radius 2 is 2.08 bits per heavy atom. The first-order chi connectivity index (χ1) is 5.94. The lowest BCUT2D eigenvalue weighted by atomic mass is 10.2. The van der Waals surface area contributed by atoms with Crippen LogP contribution in [0.4, 0.5) is 0 Å². The highest BCUT2D eigenvalue weighted by atomic mass is 16.6. The maximum absolute atomic E-state index is 10.4. The second kappa shape index (κ2) is 4.61. The molecule has 0 aliphatic rings. The SMILES string of the molecule is C=CC(=O)O/C=C(\O)C(O)(O)CO. The molecule has 0 fully saturated rings. The average molecular weight is 190 g/mol. The molecule has 0 heterocycles. The summed E-state index contributed by atoms with van der Waals surface area (Å²) >= 11 is 0. The number of hydrogen-bond donors (Lipinski definition) is 4. The minimum atomic E-state index is -2.80. The molecule has 0 amide bonds. The van der Waals surface area contributed by atoms with Crippen molar-refractivity contribution in [2.75, 3.05) is 6.61 Å². The number of aliphatic hydroxyl groups is 4. The average Bonchev–Trinajstić information content (AvgIpc) is 2.13. The van der Waals surface area contributed by atoms with Crippen LogP contribution >= 0.6 is 0 Å².